The predicted molar refractivity (Wildman–Crippen MR) is 182 cm³/mol. The van der Waals surface area contributed by atoms with Crippen molar-refractivity contribution in [3.8, 4) is 33.4 Å². The molecule has 3 heterocycles. The van der Waals surface area contributed by atoms with Crippen LogP contribution in [0.1, 0.15) is 0 Å². The second-order valence-corrected chi connectivity index (χ2v) is 11.7. The van der Waals surface area contributed by atoms with Crippen molar-refractivity contribution < 1.29 is 0 Å². The molecule has 0 unspecified atom stereocenters. The smallest absolute Gasteiger partial charge is 0.0942 e. The summed E-state index contributed by atoms with van der Waals surface area (Å²) in [7, 11) is 6.65. The van der Waals surface area contributed by atoms with Crippen molar-refractivity contribution in [1.29, 1.82) is 0 Å². The number of anilines is 9. The maximum Gasteiger partial charge on any atom is 0.0942 e. The lowest BCUT2D eigenvalue weighted by Crippen LogP contribution is -2.35. The van der Waals surface area contributed by atoms with E-state index in [0.29, 0.717) is 0 Å². The summed E-state index contributed by atoms with van der Waals surface area (Å²) in [5.41, 5.74) is 18.3. The molecule has 4 nitrogen and oxygen atoms in total. The van der Waals surface area contributed by atoms with E-state index >= 15 is 0 Å². The Morgan fingerprint density at radius 2 is 0.535 bits per heavy atom. The van der Waals surface area contributed by atoms with Crippen molar-refractivity contribution in [2.45, 2.75) is 0 Å². The molecule has 0 saturated heterocycles. The number of nitrogens with zero attached hydrogens (tertiary/aromatic N) is 4. The summed E-state index contributed by atoms with van der Waals surface area (Å²) < 4.78 is 0. The van der Waals surface area contributed by atoms with Crippen molar-refractivity contribution in [3.63, 3.8) is 0 Å². The summed E-state index contributed by atoms with van der Waals surface area (Å²) in [5.74, 6) is 0. The van der Waals surface area contributed by atoms with Crippen LogP contribution in [0.4, 0.5) is 51.2 Å². The quantitative estimate of drug-likeness (QED) is 0.216. The third-order valence-electron chi connectivity index (χ3n) is 9.37. The highest BCUT2D eigenvalue weighted by Gasteiger charge is 2.43. The van der Waals surface area contributed by atoms with Crippen LogP contribution in [0.15, 0.2) is 127 Å². The van der Waals surface area contributed by atoms with Gasteiger partial charge in [0.1, 0.15) is 0 Å². The first-order valence-corrected chi connectivity index (χ1v) is 14.8. The first kappa shape index (κ1) is 24.2. The number of rotatable bonds is 3. The summed E-state index contributed by atoms with van der Waals surface area (Å²) in [4.78, 5) is 9.72. The molecule has 6 aromatic carbocycles. The van der Waals surface area contributed by atoms with Gasteiger partial charge < -0.3 is 14.7 Å². The first-order chi connectivity index (χ1) is 21.1. The van der Waals surface area contributed by atoms with Crippen molar-refractivity contribution in [3.05, 3.63) is 127 Å². The molecule has 0 amide bonds. The van der Waals surface area contributed by atoms with Gasteiger partial charge in [-0.15, -0.1) is 0 Å². The van der Waals surface area contributed by atoms with Gasteiger partial charge in [-0.2, -0.15) is 0 Å². The molecule has 43 heavy (non-hydrogen) atoms. The van der Waals surface area contributed by atoms with Gasteiger partial charge in [0.15, 0.2) is 0 Å². The second kappa shape index (κ2) is 8.76. The van der Waals surface area contributed by atoms with Crippen LogP contribution in [0, 0.1) is 0 Å². The van der Waals surface area contributed by atoms with Gasteiger partial charge in [0.2, 0.25) is 0 Å². The fourth-order valence-corrected chi connectivity index (χ4v) is 7.15. The van der Waals surface area contributed by atoms with Crippen LogP contribution < -0.4 is 19.6 Å². The van der Waals surface area contributed by atoms with E-state index in [0.717, 1.165) is 0 Å². The van der Waals surface area contributed by atoms with E-state index in [1.54, 1.807) is 0 Å². The minimum absolute atomic E-state index is 1.21. The molecule has 6 aromatic rings. The Kier molecular flexibility index (Phi) is 4.92. The second-order valence-electron chi connectivity index (χ2n) is 11.7. The highest BCUT2D eigenvalue weighted by Crippen LogP contribution is 2.68. The van der Waals surface area contributed by atoms with Gasteiger partial charge in [0, 0.05) is 21.1 Å². The molecule has 0 spiro atoms. The molecule has 206 valence electrons. The van der Waals surface area contributed by atoms with Crippen molar-refractivity contribution in [1.82, 2.24) is 0 Å². The Hall–Kier alpha value is -5.48. The zero-order valence-electron chi connectivity index (χ0n) is 24.4. The van der Waals surface area contributed by atoms with Crippen LogP contribution in [-0.2, 0) is 0 Å². The Balaban J connectivity index is 1.38. The van der Waals surface area contributed by atoms with E-state index in [1.165, 1.54) is 84.6 Å². The maximum atomic E-state index is 2.54. The van der Waals surface area contributed by atoms with Crippen LogP contribution in [0.3, 0.4) is 0 Å². The van der Waals surface area contributed by atoms with Crippen LogP contribution in [0.5, 0.6) is 0 Å². The van der Waals surface area contributed by atoms with E-state index in [1.807, 2.05) is 0 Å². The van der Waals surface area contributed by atoms with E-state index in [-0.39, 0.29) is 0 Å². The molecule has 0 atom stereocenters. The maximum absolute atomic E-state index is 2.54. The highest BCUT2D eigenvalue weighted by atomic mass is 15.4. The molecule has 0 saturated carbocycles. The summed E-state index contributed by atoms with van der Waals surface area (Å²) in [6.07, 6.45) is 0. The first-order valence-electron chi connectivity index (χ1n) is 14.8. The SMILES string of the molecule is CN1c2cc(-c3ccccc3)cc3c2N2c4c1cc(-c1ccccc1)cc4N(C)c1cc(-c4ccccc4)cc(c12)N3C. The third kappa shape index (κ3) is 3.32. The molecule has 0 bridgehead atoms. The minimum Gasteiger partial charge on any atom is -0.341 e. The Bertz CT molecular complexity index is 1750. The van der Waals surface area contributed by atoms with E-state index in [2.05, 4.69) is 168 Å². The van der Waals surface area contributed by atoms with Gasteiger partial charge in [-0.05, 0) is 69.8 Å². The lowest BCUT2D eigenvalue weighted by Gasteiger charge is -2.51. The van der Waals surface area contributed by atoms with Crippen LogP contribution in [0.2, 0.25) is 0 Å². The largest absolute Gasteiger partial charge is 0.341 e. The van der Waals surface area contributed by atoms with Crippen molar-refractivity contribution >= 4 is 51.2 Å². The normalized spacial score (nSPS) is 13.7. The summed E-state index contributed by atoms with van der Waals surface area (Å²) in [6.45, 7) is 0. The molecule has 0 radical (unpaired) electrons. The lowest BCUT2D eigenvalue weighted by molar-refractivity contribution is 1.04. The molecule has 9 rings (SSSR count). The number of hydrogen-bond donors (Lipinski definition) is 0. The van der Waals surface area contributed by atoms with Crippen molar-refractivity contribution in [2.75, 3.05) is 40.7 Å². The lowest BCUT2D eigenvalue weighted by atomic mass is 9.90. The fraction of sp³-hybridized carbons (Fsp3) is 0.0769. The average molecular weight is 555 g/mol. The third-order valence-corrected chi connectivity index (χ3v) is 9.37. The highest BCUT2D eigenvalue weighted by molar-refractivity contribution is 6.18. The zero-order valence-corrected chi connectivity index (χ0v) is 24.4. The average Bonchev–Trinajstić information content (AvgIpc) is 3.07. The van der Waals surface area contributed by atoms with Gasteiger partial charge in [0.25, 0.3) is 0 Å². The van der Waals surface area contributed by atoms with Gasteiger partial charge in [-0.25, -0.2) is 0 Å². The Morgan fingerprint density at radius 3 is 0.767 bits per heavy atom. The number of benzene rings is 6. The molecule has 3 aliphatic rings. The van der Waals surface area contributed by atoms with Crippen LogP contribution >= 0.6 is 0 Å². The van der Waals surface area contributed by atoms with Gasteiger partial charge in [-0.3, -0.25) is 4.90 Å². The van der Waals surface area contributed by atoms with E-state index in [4.69, 9.17) is 0 Å². The van der Waals surface area contributed by atoms with E-state index < -0.39 is 0 Å². The van der Waals surface area contributed by atoms with Gasteiger partial charge >= 0.3 is 0 Å². The minimum atomic E-state index is 1.21. The zero-order chi connectivity index (χ0) is 28.8. The van der Waals surface area contributed by atoms with Crippen LogP contribution in [0.25, 0.3) is 33.4 Å². The Labute approximate surface area is 252 Å². The summed E-state index contributed by atoms with van der Waals surface area (Å²) in [5, 5.41) is 0. The molecule has 0 fully saturated rings. The predicted octanol–water partition coefficient (Wildman–Crippen LogP) is 10.4. The molecule has 0 N–H and O–H groups in total. The molecule has 0 aromatic heterocycles. The number of hydrogen-bond acceptors (Lipinski definition) is 4. The standard InChI is InChI=1S/C39H30N4/c1-40-31-19-28(25-13-7-4-8-14-25)21-33-37(31)43-38-32(40)20-29(26-15-9-5-10-16-26)22-34(38)42(3)36-24-30(27-17-11-6-12-18-27)23-35(39(36)43)41(33)2/h4-24H,1-3H3. The van der Waals surface area contributed by atoms with Crippen molar-refractivity contribution in [2.24, 2.45) is 0 Å². The Morgan fingerprint density at radius 1 is 0.302 bits per heavy atom. The van der Waals surface area contributed by atoms with Crippen LogP contribution in [-0.4, -0.2) is 21.1 Å². The molecule has 3 aliphatic heterocycles. The summed E-state index contributed by atoms with van der Waals surface area (Å²) >= 11 is 0. The molecular weight excluding hydrogens is 524 g/mol. The van der Waals surface area contributed by atoms with Gasteiger partial charge in [0.05, 0.1) is 51.2 Å². The molecular formula is C39H30N4. The van der Waals surface area contributed by atoms with E-state index in [9.17, 15) is 0 Å². The molecule has 0 aliphatic carbocycles. The topological polar surface area (TPSA) is 13.0 Å². The fourth-order valence-electron chi connectivity index (χ4n) is 7.15. The van der Waals surface area contributed by atoms with Gasteiger partial charge in [-0.1, -0.05) is 91.0 Å². The summed E-state index contributed by atoms with van der Waals surface area (Å²) in [6, 6.07) is 46.4. The monoisotopic (exact) mass is 554 g/mol. The molecule has 4 heteroatoms.